The van der Waals surface area contributed by atoms with Gasteiger partial charge in [0.25, 0.3) is 6.43 Å². The minimum atomic E-state index is -2.84. The molecule has 1 saturated carbocycles. The Balaban J connectivity index is 1.35. The molecule has 196 valence electrons. The van der Waals surface area contributed by atoms with Crippen molar-refractivity contribution in [3.63, 3.8) is 0 Å². The summed E-state index contributed by atoms with van der Waals surface area (Å²) in [6, 6.07) is 10.1. The number of amides is 2. The van der Waals surface area contributed by atoms with Crippen molar-refractivity contribution in [2.75, 3.05) is 13.1 Å². The first-order valence-corrected chi connectivity index (χ1v) is 12.0. The van der Waals surface area contributed by atoms with Crippen LogP contribution >= 0.6 is 0 Å². The molecule has 1 aromatic heterocycles. The van der Waals surface area contributed by atoms with E-state index in [9.17, 15) is 27.2 Å². The topological polar surface area (TPSA) is 89.6 Å². The number of nitrogens with one attached hydrogen (secondary N) is 3. The average molecular weight is 519 g/mol. The van der Waals surface area contributed by atoms with E-state index in [0.29, 0.717) is 11.1 Å². The number of hydrogen-bond acceptors (Lipinski definition) is 6. The Kier molecular flexibility index (Phi) is 7.00. The highest BCUT2D eigenvalue weighted by molar-refractivity contribution is 5.89. The van der Waals surface area contributed by atoms with Gasteiger partial charge in [-0.05, 0) is 30.4 Å². The number of carbonyl (C=O) groups excluding carboxylic acids is 2. The third-order valence-electron chi connectivity index (χ3n) is 6.75. The van der Waals surface area contributed by atoms with Gasteiger partial charge in [0.05, 0.1) is 18.3 Å². The van der Waals surface area contributed by atoms with Crippen LogP contribution in [0.25, 0.3) is 0 Å². The molecule has 1 saturated heterocycles. The molecule has 2 fully saturated rings. The van der Waals surface area contributed by atoms with Gasteiger partial charge >= 0.3 is 0 Å². The van der Waals surface area contributed by atoms with Crippen LogP contribution < -0.4 is 16.3 Å². The lowest BCUT2D eigenvalue weighted by atomic mass is 10.0. The van der Waals surface area contributed by atoms with Crippen LogP contribution in [0.4, 0.5) is 17.6 Å². The molecular weight excluding hydrogens is 492 g/mol. The summed E-state index contributed by atoms with van der Waals surface area (Å²) in [7, 11) is 0. The fraction of sp³-hybridized carbons (Fsp3) is 0.400. The largest absolute Gasteiger partial charge is 0.342 e. The van der Waals surface area contributed by atoms with Crippen molar-refractivity contribution >= 4 is 11.8 Å². The Morgan fingerprint density at radius 3 is 2.57 bits per heavy atom. The predicted molar refractivity (Wildman–Crippen MR) is 125 cm³/mol. The molecule has 12 heteroatoms. The number of likely N-dealkylation sites (tertiary alicyclic amines) is 1. The first-order valence-electron chi connectivity index (χ1n) is 12.0. The van der Waals surface area contributed by atoms with Crippen LogP contribution in [0, 0.1) is 5.95 Å². The molecule has 3 N–H and O–H groups in total. The van der Waals surface area contributed by atoms with Crippen molar-refractivity contribution in [2.45, 2.75) is 49.9 Å². The SMILES string of the molecule is O=C(N[C@@H](c1ccccc1)c1ccc(C2CC2)c(F)n1)[C@@H]1C[C@@H](F)CN1C(=O)CN1NNC=C1C(F)F. The summed E-state index contributed by atoms with van der Waals surface area (Å²) in [5, 5.41) is 3.72. The predicted octanol–water partition coefficient (Wildman–Crippen LogP) is 2.67. The van der Waals surface area contributed by atoms with Gasteiger partial charge in [-0.1, -0.05) is 36.4 Å². The minimum absolute atomic E-state index is 0.159. The van der Waals surface area contributed by atoms with Gasteiger partial charge in [-0.2, -0.15) is 4.39 Å². The van der Waals surface area contributed by atoms with E-state index in [4.69, 9.17) is 0 Å². The molecule has 8 nitrogen and oxygen atoms in total. The summed E-state index contributed by atoms with van der Waals surface area (Å²) >= 11 is 0. The standard InChI is InChI=1S/C25H26F4N6O2/c26-16-10-19(34(12-16)21(36)13-35-20(23(27)28)11-30-33-35)25(37)32-22(15-4-2-1-3-5-15)18-9-8-17(14-6-7-14)24(29)31-18/h1-5,8-9,11,14,16,19,22-23,30,33H,6-7,10,12-13H2,(H,32,37)/t16-,19+,22+/m1/s1. The first kappa shape index (κ1) is 25.0. The van der Waals surface area contributed by atoms with E-state index < -0.39 is 54.7 Å². The van der Waals surface area contributed by atoms with Gasteiger partial charge in [0, 0.05) is 18.2 Å². The van der Waals surface area contributed by atoms with E-state index in [0.717, 1.165) is 29.0 Å². The second-order valence-electron chi connectivity index (χ2n) is 9.35. The summed E-state index contributed by atoms with van der Waals surface area (Å²) in [6.45, 7) is -0.873. The fourth-order valence-electron chi connectivity index (χ4n) is 4.70. The zero-order valence-corrected chi connectivity index (χ0v) is 19.7. The van der Waals surface area contributed by atoms with Gasteiger partial charge in [0.1, 0.15) is 24.5 Å². The molecule has 2 aromatic rings. The lowest BCUT2D eigenvalue weighted by Crippen LogP contribution is -2.51. The highest BCUT2D eigenvalue weighted by Gasteiger charge is 2.41. The summed E-state index contributed by atoms with van der Waals surface area (Å²) in [6.07, 6.45) is -1.71. The molecule has 3 heterocycles. The lowest BCUT2D eigenvalue weighted by molar-refractivity contribution is -0.139. The summed E-state index contributed by atoms with van der Waals surface area (Å²) in [4.78, 5) is 31.5. The number of nitrogens with zero attached hydrogens (tertiary/aromatic N) is 3. The number of alkyl halides is 3. The summed E-state index contributed by atoms with van der Waals surface area (Å²) < 4.78 is 55.5. The second-order valence-corrected chi connectivity index (χ2v) is 9.35. The highest BCUT2D eigenvalue weighted by Crippen LogP contribution is 2.41. The van der Waals surface area contributed by atoms with Crippen molar-refractivity contribution < 1.29 is 27.2 Å². The number of carbonyl (C=O) groups is 2. The van der Waals surface area contributed by atoms with Crippen LogP contribution in [0.2, 0.25) is 0 Å². The van der Waals surface area contributed by atoms with Crippen molar-refractivity contribution in [3.8, 4) is 0 Å². The molecule has 0 spiro atoms. The van der Waals surface area contributed by atoms with Crippen molar-refractivity contribution in [3.05, 3.63) is 77.1 Å². The van der Waals surface area contributed by atoms with Gasteiger partial charge in [-0.15, -0.1) is 5.53 Å². The Morgan fingerprint density at radius 1 is 1.14 bits per heavy atom. The number of hydrogen-bond donors (Lipinski definition) is 3. The van der Waals surface area contributed by atoms with E-state index in [1.807, 2.05) is 0 Å². The zero-order valence-electron chi connectivity index (χ0n) is 19.7. The van der Waals surface area contributed by atoms with Crippen LogP contribution in [0.1, 0.15) is 48.0 Å². The third kappa shape index (κ3) is 5.38. The van der Waals surface area contributed by atoms with Gasteiger partial charge in [-0.25, -0.2) is 18.2 Å². The van der Waals surface area contributed by atoms with E-state index in [2.05, 4.69) is 21.3 Å². The molecule has 3 atom stereocenters. The molecule has 0 unspecified atom stereocenters. The number of pyridine rings is 1. The number of rotatable bonds is 8. The van der Waals surface area contributed by atoms with Gasteiger partial charge in [0.15, 0.2) is 0 Å². The van der Waals surface area contributed by atoms with E-state index >= 15 is 0 Å². The number of aromatic nitrogens is 1. The number of benzene rings is 1. The van der Waals surface area contributed by atoms with Crippen molar-refractivity contribution in [1.29, 1.82) is 0 Å². The Morgan fingerprint density at radius 2 is 1.89 bits per heavy atom. The maximum atomic E-state index is 14.8. The van der Waals surface area contributed by atoms with Crippen molar-refractivity contribution in [2.24, 2.45) is 0 Å². The van der Waals surface area contributed by atoms with E-state index in [-0.39, 0.29) is 24.6 Å². The molecule has 2 aliphatic heterocycles. The Bertz CT molecular complexity index is 1190. The summed E-state index contributed by atoms with van der Waals surface area (Å²) in [5.74, 6) is -1.77. The van der Waals surface area contributed by atoms with Crippen LogP contribution in [0.15, 0.2) is 54.4 Å². The fourth-order valence-corrected chi connectivity index (χ4v) is 4.70. The second kappa shape index (κ2) is 10.4. The van der Waals surface area contributed by atoms with Gasteiger partial charge in [-0.3, -0.25) is 14.6 Å². The van der Waals surface area contributed by atoms with Crippen LogP contribution in [0.3, 0.4) is 0 Å². The Hall–Kier alpha value is -3.67. The smallest absolute Gasteiger partial charge is 0.281 e. The van der Waals surface area contributed by atoms with Gasteiger partial charge < -0.3 is 15.6 Å². The molecule has 2 amide bonds. The van der Waals surface area contributed by atoms with Crippen LogP contribution in [0.5, 0.6) is 0 Å². The van der Waals surface area contributed by atoms with E-state index in [1.54, 1.807) is 42.5 Å². The average Bonchev–Trinajstić information content (AvgIpc) is 3.48. The maximum Gasteiger partial charge on any atom is 0.281 e. The highest BCUT2D eigenvalue weighted by atomic mass is 19.3. The molecule has 3 aliphatic rings. The number of halogens is 4. The molecule has 1 aromatic carbocycles. The van der Waals surface area contributed by atoms with Crippen LogP contribution in [-0.4, -0.2) is 58.4 Å². The lowest BCUT2D eigenvalue weighted by Gasteiger charge is -2.28. The molecule has 5 rings (SSSR count). The molecular formula is C25H26F4N6O2. The van der Waals surface area contributed by atoms with Gasteiger partial charge in [0.2, 0.25) is 17.8 Å². The number of hydrazine groups is 2. The molecule has 1 aliphatic carbocycles. The van der Waals surface area contributed by atoms with Crippen LogP contribution in [-0.2, 0) is 9.59 Å². The van der Waals surface area contributed by atoms with Crippen molar-refractivity contribution in [1.82, 2.24) is 31.2 Å². The number of allylic oxidation sites excluding steroid dienone is 1. The zero-order chi connectivity index (χ0) is 26.1. The normalized spacial score (nSPS) is 22.1. The minimum Gasteiger partial charge on any atom is -0.342 e. The monoisotopic (exact) mass is 518 g/mol. The molecule has 0 radical (unpaired) electrons. The van der Waals surface area contributed by atoms with E-state index in [1.165, 1.54) is 0 Å². The molecule has 37 heavy (non-hydrogen) atoms. The first-order chi connectivity index (χ1) is 17.8. The quantitative estimate of drug-likeness (QED) is 0.368. The Labute approximate surface area is 210 Å². The maximum absolute atomic E-state index is 14.8. The third-order valence-corrected chi connectivity index (χ3v) is 6.75. The summed E-state index contributed by atoms with van der Waals surface area (Å²) in [5.41, 5.74) is 5.81. The molecule has 0 bridgehead atoms.